The molecule has 174 valence electrons. The number of sulfonamides is 1. The van der Waals surface area contributed by atoms with E-state index in [0.29, 0.717) is 26.1 Å². The molecule has 33 heavy (non-hydrogen) atoms. The fraction of sp³-hybridized carbons (Fsp3) is 0.292. The van der Waals surface area contributed by atoms with Gasteiger partial charge in [-0.3, -0.25) is 4.79 Å². The lowest BCUT2D eigenvalue weighted by atomic mass is 10.1. The predicted molar refractivity (Wildman–Crippen MR) is 127 cm³/mol. The molecule has 1 N–H and O–H groups in total. The van der Waals surface area contributed by atoms with Crippen molar-refractivity contribution in [2.24, 2.45) is 0 Å². The van der Waals surface area contributed by atoms with Crippen molar-refractivity contribution in [3.05, 3.63) is 88.4 Å². The molecule has 0 aliphatic carbocycles. The summed E-state index contributed by atoms with van der Waals surface area (Å²) in [4.78, 5) is 15.6. The molecule has 9 heteroatoms. The van der Waals surface area contributed by atoms with Crippen molar-refractivity contribution in [1.29, 1.82) is 0 Å². The molecule has 1 saturated heterocycles. The van der Waals surface area contributed by atoms with E-state index in [1.54, 1.807) is 11.3 Å². The molecule has 2 aromatic carbocycles. The third-order valence-corrected chi connectivity index (χ3v) is 8.58. The van der Waals surface area contributed by atoms with Crippen molar-refractivity contribution in [1.82, 2.24) is 14.5 Å². The van der Waals surface area contributed by atoms with E-state index in [0.717, 1.165) is 16.5 Å². The number of halogens is 1. The molecule has 0 unspecified atom stereocenters. The summed E-state index contributed by atoms with van der Waals surface area (Å²) in [5, 5.41) is 5.13. The number of carbonyl (C=O) groups excluding carboxylic acids is 1. The quantitative estimate of drug-likeness (QED) is 0.528. The van der Waals surface area contributed by atoms with Crippen LogP contribution in [0.2, 0.25) is 0 Å². The summed E-state index contributed by atoms with van der Waals surface area (Å²) >= 11 is 1.60. The van der Waals surface area contributed by atoms with Crippen LogP contribution in [-0.2, 0) is 14.8 Å². The van der Waals surface area contributed by atoms with Crippen molar-refractivity contribution >= 4 is 27.3 Å². The van der Waals surface area contributed by atoms with Crippen LogP contribution in [0.1, 0.15) is 22.9 Å². The van der Waals surface area contributed by atoms with E-state index in [1.807, 2.05) is 47.8 Å². The Morgan fingerprint density at radius 1 is 0.970 bits per heavy atom. The summed E-state index contributed by atoms with van der Waals surface area (Å²) in [6.07, 6.45) is 0.314. The van der Waals surface area contributed by atoms with Gasteiger partial charge in [-0.05, 0) is 29.1 Å². The number of thiophene rings is 1. The summed E-state index contributed by atoms with van der Waals surface area (Å²) in [5.41, 5.74) is 1.03. The van der Waals surface area contributed by atoms with Crippen molar-refractivity contribution in [3.8, 4) is 0 Å². The Morgan fingerprint density at radius 2 is 1.67 bits per heavy atom. The fourth-order valence-corrected chi connectivity index (χ4v) is 6.19. The maximum atomic E-state index is 14.0. The molecule has 3 aromatic rings. The van der Waals surface area contributed by atoms with Gasteiger partial charge in [-0.2, -0.15) is 4.31 Å². The molecule has 1 atom stereocenters. The van der Waals surface area contributed by atoms with Crippen LogP contribution in [0.25, 0.3) is 0 Å². The number of piperazine rings is 1. The highest BCUT2D eigenvalue weighted by atomic mass is 32.2. The van der Waals surface area contributed by atoms with Crippen LogP contribution in [0, 0.1) is 5.82 Å². The topological polar surface area (TPSA) is 69.7 Å². The monoisotopic (exact) mass is 487 g/mol. The summed E-state index contributed by atoms with van der Waals surface area (Å²) in [6, 6.07) is 19.1. The lowest BCUT2D eigenvalue weighted by molar-refractivity contribution is -0.122. The van der Waals surface area contributed by atoms with Gasteiger partial charge in [0, 0.05) is 44.0 Å². The number of hydrogen-bond donors (Lipinski definition) is 1. The van der Waals surface area contributed by atoms with E-state index in [1.165, 1.54) is 22.5 Å². The maximum absolute atomic E-state index is 14.0. The van der Waals surface area contributed by atoms with Crippen LogP contribution in [0.4, 0.5) is 4.39 Å². The van der Waals surface area contributed by atoms with Crippen molar-refractivity contribution in [3.63, 3.8) is 0 Å². The van der Waals surface area contributed by atoms with Crippen molar-refractivity contribution < 1.29 is 17.6 Å². The fourth-order valence-electron chi connectivity index (χ4n) is 3.90. The Bertz CT molecular complexity index is 1160. The smallest absolute Gasteiger partial charge is 0.246 e. The first-order valence-corrected chi connectivity index (χ1v) is 13.1. The number of benzene rings is 2. The number of nitrogens with one attached hydrogen (secondary N) is 1. The average molecular weight is 488 g/mol. The average Bonchev–Trinajstić information content (AvgIpc) is 3.37. The van der Waals surface area contributed by atoms with E-state index >= 15 is 0 Å². The second-order valence-corrected chi connectivity index (χ2v) is 10.7. The van der Waals surface area contributed by atoms with E-state index < -0.39 is 15.8 Å². The second-order valence-electron chi connectivity index (χ2n) is 7.85. The minimum absolute atomic E-state index is 0.0568. The van der Waals surface area contributed by atoms with Gasteiger partial charge < -0.3 is 10.2 Å². The first kappa shape index (κ1) is 23.6. The van der Waals surface area contributed by atoms with Crippen molar-refractivity contribution in [2.75, 3.05) is 32.7 Å². The Balaban J connectivity index is 1.31. The normalized spacial score (nSPS) is 16.4. The number of carbonyl (C=O) groups is 1. The zero-order valence-corrected chi connectivity index (χ0v) is 19.7. The molecule has 0 radical (unpaired) electrons. The molecular formula is C24H26FN3O3S2. The molecule has 0 bridgehead atoms. The van der Waals surface area contributed by atoms with Gasteiger partial charge in [0.2, 0.25) is 15.9 Å². The van der Waals surface area contributed by atoms with Gasteiger partial charge in [0.25, 0.3) is 0 Å². The molecule has 0 saturated carbocycles. The highest BCUT2D eigenvalue weighted by Crippen LogP contribution is 2.26. The van der Waals surface area contributed by atoms with Gasteiger partial charge in [-0.25, -0.2) is 12.8 Å². The van der Waals surface area contributed by atoms with Gasteiger partial charge in [0.1, 0.15) is 10.7 Å². The van der Waals surface area contributed by atoms with Gasteiger partial charge >= 0.3 is 0 Å². The van der Waals surface area contributed by atoms with Gasteiger partial charge in [0.15, 0.2) is 0 Å². The number of rotatable bonds is 8. The Labute approximate surface area is 197 Å². The largest absolute Gasteiger partial charge is 0.344 e. The Kier molecular flexibility index (Phi) is 7.54. The highest BCUT2D eigenvalue weighted by molar-refractivity contribution is 7.89. The third-order valence-electron chi connectivity index (χ3n) is 5.71. The minimum Gasteiger partial charge on any atom is -0.344 e. The summed E-state index contributed by atoms with van der Waals surface area (Å²) < 4.78 is 40.8. The lowest BCUT2D eigenvalue weighted by Gasteiger charge is -2.34. The van der Waals surface area contributed by atoms with Crippen LogP contribution in [0.15, 0.2) is 77.0 Å². The zero-order chi connectivity index (χ0) is 23.3. The SMILES string of the molecule is O=C(CCN1CCN(S(=O)(=O)c2ccccc2F)CC1)N[C@@H](c1ccccc1)c1cccs1. The van der Waals surface area contributed by atoms with Crippen LogP contribution in [0.3, 0.4) is 0 Å². The minimum atomic E-state index is -3.87. The summed E-state index contributed by atoms with van der Waals surface area (Å²) in [6.45, 7) is 2.05. The molecule has 2 heterocycles. The molecule has 0 spiro atoms. The van der Waals surface area contributed by atoms with E-state index in [4.69, 9.17) is 0 Å². The van der Waals surface area contributed by atoms with Crippen LogP contribution in [0.5, 0.6) is 0 Å². The number of nitrogens with zero attached hydrogens (tertiary/aromatic N) is 2. The predicted octanol–water partition coefficient (Wildman–Crippen LogP) is 3.49. The molecule has 6 nitrogen and oxygen atoms in total. The Hall–Kier alpha value is -2.59. The Morgan fingerprint density at radius 3 is 2.33 bits per heavy atom. The zero-order valence-electron chi connectivity index (χ0n) is 18.1. The molecule has 1 fully saturated rings. The highest BCUT2D eigenvalue weighted by Gasteiger charge is 2.30. The first-order chi connectivity index (χ1) is 15.9. The van der Waals surface area contributed by atoms with Gasteiger partial charge in [0.05, 0.1) is 6.04 Å². The van der Waals surface area contributed by atoms with Crippen LogP contribution < -0.4 is 5.32 Å². The third kappa shape index (κ3) is 5.67. The number of hydrogen-bond acceptors (Lipinski definition) is 5. The number of amides is 1. The molecule has 1 amide bonds. The maximum Gasteiger partial charge on any atom is 0.246 e. The van der Waals surface area contributed by atoms with E-state index in [2.05, 4.69) is 10.2 Å². The summed E-state index contributed by atoms with van der Waals surface area (Å²) in [5.74, 6) is -0.797. The van der Waals surface area contributed by atoms with Gasteiger partial charge in [-0.1, -0.05) is 48.5 Å². The molecule has 1 aromatic heterocycles. The van der Waals surface area contributed by atoms with E-state index in [-0.39, 0.29) is 29.9 Å². The van der Waals surface area contributed by atoms with Crippen LogP contribution in [-0.4, -0.2) is 56.3 Å². The molecular weight excluding hydrogens is 461 g/mol. The van der Waals surface area contributed by atoms with Crippen LogP contribution >= 0.6 is 11.3 Å². The van der Waals surface area contributed by atoms with E-state index in [9.17, 15) is 17.6 Å². The first-order valence-electron chi connectivity index (χ1n) is 10.8. The second kappa shape index (κ2) is 10.6. The molecule has 1 aliphatic heterocycles. The van der Waals surface area contributed by atoms with Gasteiger partial charge in [-0.15, -0.1) is 11.3 Å². The standard InChI is InChI=1S/C24H26FN3O3S2/c25-20-9-4-5-11-22(20)33(30,31)28-16-14-27(15-17-28)13-12-23(29)26-24(21-10-6-18-32-21)19-7-2-1-3-8-19/h1-11,18,24H,12-17H2,(H,26,29)/t24-/m0/s1. The lowest BCUT2D eigenvalue weighted by Crippen LogP contribution is -2.49. The molecule has 1 aliphatic rings. The summed E-state index contributed by atoms with van der Waals surface area (Å²) in [7, 11) is -3.87. The molecule has 4 rings (SSSR count). The van der Waals surface area contributed by atoms with Crippen molar-refractivity contribution in [2.45, 2.75) is 17.4 Å².